The van der Waals surface area contributed by atoms with Gasteiger partial charge in [-0.1, -0.05) is 6.07 Å². The molecule has 0 saturated heterocycles. The van der Waals surface area contributed by atoms with Crippen LogP contribution >= 0.6 is 0 Å². The van der Waals surface area contributed by atoms with Gasteiger partial charge in [0.15, 0.2) is 17.5 Å². The predicted octanol–water partition coefficient (Wildman–Crippen LogP) is 3.37. The Kier molecular flexibility index (Phi) is 3.65. The summed E-state index contributed by atoms with van der Waals surface area (Å²) in [6.07, 6.45) is 0. The molecule has 0 aromatic heterocycles. The molecule has 0 saturated carbocycles. The standard InChI is InChI=1S/C14H10F3NO2/c1-7-2-5-11(19)10(6-7)18-14(20)8-3-4-9(15)13(17)12(8)16/h2-6,19H,1H3,(H,18,20). The Morgan fingerprint density at radius 1 is 1.10 bits per heavy atom. The Morgan fingerprint density at radius 2 is 1.80 bits per heavy atom. The van der Waals surface area contributed by atoms with Crippen molar-refractivity contribution < 1.29 is 23.1 Å². The molecule has 0 spiro atoms. The molecule has 3 nitrogen and oxygen atoms in total. The van der Waals surface area contributed by atoms with Gasteiger partial charge >= 0.3 is 0 Å². The molecule has 1 amide bonds. The lowest BCUT2D eigenvalue weighted by Crippen LogP contribution is -2.15. The molecule has 0 aliphatic rings. The summed E-state index contributed by atoms with van der Waals surface area (Å²) < 4.78 is 39.3. The average Bonchev–Trinajstić information content (AvgIpc) is 2.40. The van der Waals surface area contributed by atoms with Crippen LogP contribution in [0.25, 0.3) is 0 Å². The molecule has 0 aliphatic carbocycles. The van der Waals surface area contributed by atoms with Crippen LogP contribution in [0.5, 0.6) is 5.75 Å². The minimum Gasteiger partial charge on any atom is -0.506 e. The van der Waals surface area contributed by atoms with Crippen molar-refractivity contribution in [2.24, 2.45) is 0 Å². The van der Waals surface area contributed by atoms with E-state index < -0.39 is 28.9 Å². The monoisotopic (exact) mass is 281 g/mol. The fourth-order valence-electron chi connectivity index (χ4n) is 1.64. The number of halogens is 3. The predicted molar refractivity (Wildman–Crippen MR) is 67.1 cm³/mol. The van der Waals surface area contributed by atoms with E-state index in [1.54, 1.807) is 13.0 Å². The number of carbonyl (C=O) groups is 1. The van der Waals surface area contributed by atoms with Crippen LogP contribution in [-0.4, -0.2) is 11.0 Å². The van der Waals surface area contributed by atoms with Gasteiger partial charge in [0, 0.05) is 0 Å². The van der Waals surface area contributed by atoms with E-state index in [0.29, 0.717) is 6.07 Å². The Balaban J connectivity index is 2.33. The van der Waals surface area contributed by atoms with Gasteiger partial charge in [0.05, 0.1) is 11.3 Å². The SMILES string of the molecule is Cc1ccc(O)c(NC(=O)c2ccc(F)c(F)c2F)c1. The lowest BCUT2D eigenvalue weighted by molar-refractivity contribution is 0.102. The highest BCUT2D eigenvalue weighted by atomic mass is 19.2. The molecule has 2 rings (SSSR count). The summed E-state index contributed by atoms with van der Waals surface area (Å²) in [5.41, 5.74) is 0.160. The van der Waals surface area contributed by atoms with Gasteiger partial charge in [-0.05, 0) is 36.8 Å². The van der Waals surface area contributed by atoms with Crippen molar-refractivity contribution in [1.29, 1.82) is 0 Å². The van der Waals surface area contributed by atoms with Crippen molar-refractivity contribution >= 4 is 11.6 Å². The number of hydrogen-bond acceptors (Lipinski definition) is 2. The summed E-state index contributed by atoms with van der Waals surface area (Å²) in [6, 6.07) is 5.92. The number of hydrogen-bond donors (Lipinski definition) is 2. The summed E-state index contributed by atoms with van der Waals surface area (Å²) in [7, 11) is 0. The number of amides is 1. The average molecular weight is 281 g/mol. The molecule has 0 radical (unpaired) electrons. The number of nitrogens with one attached hydrogen (secondary N) is 1. The highest BCUT2D eigenvalue weighted by Crippen LogP contribution is 2.25. The molecule has 104 valence electrons. The molecule has 2 N–H and O–H groups in total. The number of aromatic hydroxyl groups is 1. The Labute approximate surface area is 112 Å². The van der Waals surface area contributed by atoms with E-state index in [1.165, 1.54) is 12.1 Å². The lowest BCUT2D eigenvalue weighted by Gasteiger charge is -2.09. The van der Waals surface area contributed by atoms with Gasteiger partial charge in [-0.15, -0.1) is 0 Å². The molecule has 0 heterocycles. The summed E-state index contributed by atoms with van der Waals surface area (Å²) >= 11 is 0. The first-order valence-corrected chi connectivity index (χ1v) is 5.64. The van der Waals surface area contributed by atoms with Crippen LogP contribution in [-0.2, 0) is 0 Å². The Morgan fingerprint density at radius 3 is 2.50 bits per heavy atom. The van der Waals surface area contributed by atoms with E-state index in [1.807, 2.05) is 0 Å². The quantitative estimate of drug-likeness (QED) is 0.655. The highest BCUT2D eigenvalue weighted by Gasteiger charge is 2.19. The molecule has 0 bridgehead atoms. The Bertz CT molecular complexity index is 686. The summed E-state index contributed by atoms with van der Waals surface area (Å²) in [4.78, 5) is 11.8. The van der Waals surface area contributed by atoms with E-state index in [0.717, 1.165) is 11.6 Å². The zero-order valence-electron chi connectivity index (χ0n) is 10.4. The third-order valence-corrected chi connectivity index (χ3v) is 2.68. The fourth-order valence-corrected chi connectivity index (χ4v) is 1.64. The second kappa shape index (κ2) is 5.24. The zero-order chi connectivity index (χ0) is 14.9. The smallest absolute Gasteiger partial charge is 0.258 e. The number of anilines is 1. The molecule has 0 unspecified atom stereocenters. The van der Waals surface area contributed by atoms with Crippen LogP contribution in [0.1, 0.15) is 15.9 Å². The third kappa shape index (κ3) is 2.59. The molecule has 2 aromatic carbocycles. The van der Waals surface area contributed by atoms with E-state index in [9.17, 15) is 23.1 Å². The van der Waals surface area contributed by atoms with Gasteiger partial charge in [-0.2, -0.15) is 0 Å². The van der Waals surface area contributed by atoms with Crippen molar-refractivity contribution in [2.45, 2.75) is 6.92 Å². The van der Waals surface area contributed by atoms with Crippen LogP contribution < -0.4 is 5.32 Å². The molecular weight excluding hydrogens is 271 g/mol. The molecule has 0 fully saturated rings. The number of aryl methyl sites for hydroxylation is 1. The molecule has 6 heteroatoms. The van der Waals surface area contributed by atoms with E-state index >= 15 is 0 Å². The normalized spacial score (nSPS) is 10.4. The Hall–Kier alpha value is -2.50. The van der Waals surface area contributed by atoms with E-state index in [-0.39, 0.29) is 11.4 Å². The van der Waals surface area contributed by atoms with E-state index in [4.69, 9.17) is 0 Å². The molecule has 2 aromatic rings. The number of rotatable bonds is 2. The fraction of sp³-hybridized carbons (Fsp3) is 0.0714. The third-order valence-electron chi connectivity index (χ3n) is 2.68. The van der Waals surface area contributed by atoms with Crippen molar-refractivity contribution in [3.05, 3.63) is 58.9 Å². The minimum absolute atomic E-state index is 0.0548. The first-order chi connectivity index (χ1) is 9.40. The maximum Gasteiger partial charge on any atom is 0.258 e. The maximum absolute atomic E-state index is 13.5. The van der Waals surface area contributed by atoms with Crippen LogP contribution in [0.15, 0.2) is 30.3 Å². The first-order valence-electron chi connectivity index (χ1n) is 5.64. The zero-order valence-corrected chi connectivity index (χ0v) is 10.4. The number of phenols is 1. The number of phenolic OH excluding ortho intramolecular Hbond substituents is 1. The summed E-state index contributed by atoms with van der Waals surface area (Å²) in [6.45, 7) is 1.73. The van der Waals surface area contributed by atoms with Crippen LogP contribution in [0.3, 0.4) is 0 Å². The second-order valence-corrected chi connectivity index (χ2v) is 4.20. The van der Waals surface area contributed by atoms with E-state index in [2.05, 4.69) is 5.32 Å². The number of carbonyl (C=O) groups excluding carboxylic acids is 1. The molecule has 20 heavy (non-hydrogen) atoms. The second-order valence-electron chi connectivity index (χ2n) is 4.20. The maximum atomic E-state index is 13.5. The van der Waals surface area contributed by atoms with Crippen molar-refractivity contribution in [3.63, 3.8) is 0 Å². The van der Waals surface area contributed by atoms with Crippen LogP contribution in [0.4, 0.5) is 18.9 Å². The van der Waals surface area contributed by atoms with Gasteiger partial charge in [0.25, 0.3) is 5.91 Å². The lowest BCUT2D eigenvalue weighted by atomic mass is 10.1. The highest BCUT2D eigenvalue weighted by molar-refractivity contribution is 6.05. The van der Waals surface area contributed by atoms with Crippen molar-refractivity contribution in [3.8, 4) is 5.75 Å². The minimum atomic E-state index is -1.72. The number of benzene rings is 2. The van der Waals surface area contributed by atoms with Crippen molar-refractivity contribution in [2.75, 3.05) is 5.32 Å². The molecular formula is C14H10F3NO2. The van der Waals surface area contributed by atoms with Gasteiger partial charge in [-0.3, -0.25) is 4.79 Å². The largest absolute Gasteiger partial charge is 0.506 e. The van der Waals surface area contributed by atoms with Gasteiger partial charge in [0.2, 0.25) is 0 Å². The van der Waals surface area contributed by atoms with Crippen LogP contribution in [0.2, 0.25) is 0 Å². The van der Waals surface area contributed by atoms with Crippen LogP contribution in [0, 0.1) is 24.4 Å². The van der Waals surface area contributed by atoms with Gasteiger partial charge in [-0.25, -0.2) is 13.2 Å². The molecule has 0 aliphatic heterocycles. The summed E-state index contributed by atoms with van der Waals surface area (Å²) in [5, 5.41) is 11.8. The van der Waals surface area contributed by atoms with Gasteiger partial charge < -0.3 is 10.4 Å². The van der Waals surface area contributed by atoms with Crippen molar-refractivity contribution in [1.82, 2.24) is 0 Å². The van der Waals surface area contributed by atoms with Gasteiger partial charge in [0.1, 0.15) is 5.75 Å². The first kappa shape index (κ1) is 13.9. The summed E-state index contributed by atoms with van der Waals surface area (Å²) in [5.74, 6) is -5.87. The molecule has 0 atom stereocenters. The topological polar surface area (TPSA) is 49.3 Å².